The van der Waals surface area contributed by atoms with Gasteiger partial charge < -0.3 is 5.32 Å². The van der Waals surface area contributed by atoms with E-state index in [1.807, 2.05) is 25.1 Å². The standard InChI is InChI=1S/C18H25ClN2O/c1-13-16(19)7-4-8-17(13)20-18(22)12-21-10-9-14-5-2-3-6-15(14)11-21/h4,7-8,14-15H,2-3,5-6,9-12H2,1H3,(H,20,22)/t14-,15-/m1/s1. The molecule has 1 heterocycles. The lowest BCUT2D eigenvalue weighted by Crippen LogP contribution is -2.44. The molecule has 0 spiro atoms. The Morgan fingerprint density at radius 2 is 2.05 bits per heavy atom. The second-order valence-electron chi connectivity index (χ2n) is 6.79. The summed E-state index contributed by atoms with van der Waals surface area (Å²) < 4.78 is 0. The average molecular weight is 321 g/mol. The molecular weight excluding hydrogens is 296 g/mol. The van der Waals surface area contributed by atoms with Gasteiger partial charge in [0.15, 0.2) is 0 Å². The van der Waals surface area contributed by atoms with Crippen molar-refractivity contribution in [1.29, 1.82) is 0 Å². The number of nitrogens with one attached hydrogen (secondary N) is 1. The number of carbonyl (C=O) groups is 1. The molecular formula is C18H25ClN2O. The van der Waals surface area contributed by atoms with E-state index in [1.165, 1.54) is 32.1 Å². The molecule has 2 fully saturated rings. The number of amides is 1. The number of anilines is 1. The first-order valence-electron chi connectivity index (χ1n) is 8.41. The van der Waals surface area contributed by atoms with E-state index in [1.54, 1.807) is 0 Å². The van der Waals surface area contributed by atoms with Crippen molar-refractivity contribution in [1.82, 2.24) is 4.90 Å². The highest BCUT2D eigenvalue weighted by atomic mass is 35.5. The van der Waals surface area contributed by atoms with Gasteiger partial charge in [-0.25, -0.2) is 0 Å². The maximum absolute atomic E-state index is 12.3. The number of piperidine rings is 1. The third kappa shape index (κ3) is 3.64. The van der Waals surface area contributed by atoms with Gasteiger partial charge in [-0.3, -0.25) is 9.69 Å². The molecule has 0 unspecified atom stereocenters. The highest BCUT2D eigenvalue weighted by Crippen LogP contribution is 2.35. The lowest BCUT2D eigenvalue weighted by atomic mass is 9.75. The number of carbonyl (C=O) groups excluding carboxylic acids is 1. The summed E-state index contributed by atoms with van der Waals surface area (Å²) >= 11 is 6.10. The van der Waals surface area contributed by atoms with Crippen LogP contribution in [0.25, 0.3) is 0 Å². The molecule has 2 atom stereocenters. The fourth-order valence-corrected chi connectivity index (χ4v) is 4.13. The Morgan fingerprint density at radius 1 is 1.27 bits per heavy atom. The molecule has 1 saturated heterocycles. The lowest BCUT2D eigenvalue weighted by Gasteiger charge is -2.41. The fraction of sp³-hybridized carbons (Fsp3) is 0.611. The van der Waals surface area contributed by atoms with Gasteiger partial charge in [0, 0.05) is 17.3 Å². The lowest BCUT2D eigenvalue weighted by molar-refractivity contribution is -0.118. The van der Waals surface area contributed by atoms with Gasteiger partial charge in [-0.2, -0.15) is 0 Å². The predicted molar refractivity (Wildman–Crippen MR) is 91.3 cm³/mol. The van der Waals surface area contributed by atoms with Crippen LogP contribution in [0, 0.1) is 18.8 Å². The van der Waals surface area contributed by atoms with Gasteiger partial charge in [-0.15, -0.1) is 0 Å². The maximum Gasteiger partial charge on any atom is 0.238 e. The third-order valence-electron chi connectivity index (χ3n) is 5.28. The van der Waals surface area contributed by atoms with Crippen LogP contribution in [-0.4, -0.2) is 30.4 Å². The largest absolute Gasteiger partial charge is 0.325 e. The van der Waals surface area contributed by atoms with Crippen molar-refractivity contribution in [2.24, 2.45) is 11.8 Å². The Balaban J connectivity index is 1.54. The first-order chi connectivity index (χ1) is 10.6. The molecule has 1 N–H and O–H groups in total. The zero-order chi connectivity index (χ0) is 15.5. The van der Waals surface area contributed by atoms with Crippen molar-refractivity contribution in [3.63, 3.8) is 0 Å². The van der Waals surface area contributed by atoms with Gasteiger partial charge in [0.1, 0.15) is 0 Å². The molecule has 2 aliphatic rings. The summed E-state index contributed by atoms with van der Waals surface area (Å²) in [6.07, 6.45) is 6.76. The predicted octanol–water partition coefficient (Wildman–Crippen LogP) is 4.10. The second kappa shape index (κ2) is 7.01. The van der Waals surface area contributed by atoms with Crippen molar-refractivity contribution in [3.05, 3.63) is 28.8 Å². The Hall–Kier alpha value is -1.06. The number of likely N-dealkylation sites (tertiary alicyclic amines) is 1. The van der Waals surface area contributed by atoms with E-state index < -0.39 is 0 Å². The van der Waals surface area contributed by atoms with Crippen LogP contribution in [-0.2, 0) is 4.79 Å². The normalized spacial score (nSPS) is 25.5. The van der Waals surface area contributed by atoms with E-state index in [0.717, 1.165) is 36.2 Å². The topological polar surface area (TPSA) is 32.3 Å². The van der Waals surface area contributed by atoms with Gasteiger partial charge in [0.05, 0.1) is 6.54 Å². The molecule has 0 bridgehead atoms. The average Bonchev–Trinajstić information content (AvgIpc) is 2.52. The summed E-state index contributed by atoms with van der Waals surface area (Å²) in [6.45, 7) is 4.58. The van der Waals surface area contributed by atoms with Crippen LogP contribution in [0.1, 0.15) is 37.7 Å². The monoisotopic (exact) mass is 320 g/mol. The highest BCUT2D eigenvalue weighted by molar-refractivity contribution is 6.31. The van der Waals surface area contributed by atoms with Crippen LogP contribution in [0.4, 0.5) is 5.69 Å². The van der Waals surface area contributed by atoms with Crippen molar-refractivity contribution in [2.45, 2.75) is 39.0 Å². The third-order valence-corrected chi connectivity index (χ3v) is 5.69. The molecule has 120 valence electrons. The molecule has 1 amide bonds. The Morgan fingerprint density at radius 3 is 2.86 bits per heavy atom. The number of nitrogens with zero attached hydrogens (tertiary/aromatic N) is 1. The highest BCUT2D eigenvalue weighted by Gasteiger charge is 2.31. The van der Waals surface area contributed by atoms with Gasteiger partial charge >= 0.3 is 0 Å². The van der Waals surface area contributed by atoms with E-state index in [2.05, 4.69) is 10.2 Å². The van der Waals surface area contributed by atoms with Crippen LogP contribution >= 0.6 is 11.6 Å². The minimum absolute atomic E-state index is 0.0691. The van der Waals surface area contributed by atoms with Crippen molar-refractivity contribution in [2.75, 3.05) is 25.0 Å². The molecule has 1 aromatic rings. The van der Waals surface area contributed by atoms with E-state index in [-0.39, 0.29) is 5.91 Å². The molecule has 0 aromatic heterocycles. The summed E-state index contributed by atoms with van der Waals surface area (Å²) in [5.74, 6) is 1.78. The molecule has 22 heavy (non-hydrogen) atoms. The van der Waals surface area contributed by atoms with E-state index in [0.29, 0.717) is 11.6 Å². The van der Waals surface area contributed by atoms with Crippen LogP contribution in [0.15, 0.2) is 18.2 Å². The van der Waals surface area contributed by atoms with Gasteiger partial charge in [0.25, 0.3) is 0 Å². The van der Waals surface area contributed by atoms with Gasteiger partial charge in [0.2, 0.25) is 5.91 Å². The van der Waals surface area contributed by atoms with E-state index in [9.17, 15) is 4.79 Å². The molecule has 3 rings (SSSR count). The van der Waals surface area contributed by atoms with E-state index in [4.69, 9.17) is 11.6 Å². The molecule has 3 nitrogen and oxygen atoms in total. The summed E-state index contributed by atoms with van der Waals surface area (Å²) in [7, 11) is 0. The number of halogens is 1. The van der Waals surface area contributed by atoms with Crippen molar-refractivity contribution < 1.29 is 4.79 Å². The zero-order valence-electron chi connectivity index (χ0n) is 13.3. The molecule has 1 aromatic carbocycles. The summed E-state index contributed by atoms with van der Waals surface area (Å²) in [5, 5.41) is 3.70. The Kier molecular flexibility index (Phi) is 5.04. The van der Waals surface area contributed by atoms with Crippen LogP contribution in [0.5, 0.6) is 0 Å². The van der Waals surface area contributed by atoms with Crippen molar-refractivity contribution >= 4 is 23.2 Å². The first-order valence-corrected chi connectivity index (χ1v) is 8.78. The van der Waals surface area contributed by atoms with E-state index >= 15 is 0 Å². The summed E-state index contributed by atoms with van der Waals surface area (Å²) in [5.41, 5.74) is 1.76. The number of rotatable bonds is 3. The molecule has 0 radical (unpaired) electrons. The number of fused-ring (bicyclic) bond motifs is 1. The van der Waals surface area contributed by atoms with Crippen molar-refractivity contribution in [3.8, 4) is 0 Å². The smallest absolute Gasteiger partial charge is 0.238 e. The maximum atomic E-state index is 12.3. The number of hydrogen-bond acceptors (Lipinski definition) is 2. The molecule has 4 heteroatoms. The molecule has 1 saturated carbocycles. The second-order valence-corrected chi connectivity index (χ2v) is 7.20. The van der Waals surface area contributed by atoms with Gasteiger partial charge in [-0.1, -0.05) is 36.9 Å². The first kappa shape index (κ1) is 15.8. The minimum atomic E-state index is 0.0691. The zero-order valence-corrected chi connectivity index (χ0v) is 14.0. The Bertz CT molecular complexity index is 546. The molecule has 1 aliphatic heterocycles. The van der Waals surface area contributed by atoms with Crippen LogP contribution in [0.2, 0.25) is 5.02 Å². The van der Waals surface area contributed by atoms with Crippen LogP contribution < -0.4 is 5.32 Å². The summed E-state index contributed by atoms with van der Waals surface area (Å²) in [4.78, 5) is 14.6. The molecule has 1 aliphatic carbocycles. The van der Waals surface area contributed by atoms with Gasteiger partial charge in [-0.05, 0) is 55.8 Å². The number of benzene rings is 1. The summed E-state index contributed by atoms with van der Waals surface area (Å²) in [6, 6.07) is 5.63. The number of hydrogen-bond donors (Lipinski definition) is 1. The fourth-order valence-electron chi connectivity index (χ4n) is 3.96. The minimum Gasteiger partial charge on any atom is -0.325 e. The Labute approximate surface area is 138 Å². The quantitative estimate of drug-likeness (QED) is 0.909. The van der Waals surface area contributed by atoms with Crippen LogP contribution in [0.3, 0.4) is 0 Å². The SMILES string of the molecule is Cc1c(Cl)cccc1NC(=O)CN1CC[C@H]2CCCC[C@@H]2C1.